The lowest BCUT2D eigenvalue weighted by atomic mass is 9.79. The van der Waals surface area contributed by atoms with Gasteiger partial charge in [-0.15, -0.1) is 10.2 Å². The zero-order valence-corrected chi connectivity index (χ0v) is 15.9. The minimum Gasteiger partial charge on any atom is -0.368 e. The van der Waals surface area contributed by atoms with Crippen molar-refractivity contribution < 1.29 is 13.2 Å². The van der Waals surface area contributed by atoms with Gasteiger partial charge in [-0.2, -0.15) is 13.2 Å². The van der Waals surface area contributed by atoms with Crippen molar-refractivity contribution in [3.05, 3.63) is 36.1 Å². The fraction of sp³-hybridized carbons (Fsp3) is 0.412. The van der Waals surface area contributed by atoms with Gasteiger partial charge >= 0.3 is 6.18 Å². The number of alkyl halides is 3. The molecule has 3 aromatic heterocycles. The predicted molar refractivity (Wildman–Crippen MR) is 99.4 cm³/mol. The number of halogens is 3. The minimum atomic E-state index is -4.52. The first-order valence-electron chi connectivity index (χ1n) is 8.90. The van der Waals surface area contributed by atoms with E-state index in [1.807, 2.05) is 4.90 Å². The van der Waals surface area contributed by atoms with Crippen LogP contribution in [0.2, 0.25) is 0 Å². The lowest BCUT2D eigenvalue weighted by Crippen LogP contribution is -2.57. The summed E-state index contributed by atoms with van der Waals surface area (Å²) in [5.74, 6) is -0.316. The van der Waals surface area contributed by atoms with Gasteiger partial charge in [0.05, 0.1) is 30.5 Å². The smallest absolute Gasteiger partial charge is 0.368 e. The Labute approximate surface area is 167 Å². The van der Waals surface area contributed by atoms with E-state index in [2.05, 4.69) is 35.0 Å². The second-order valence-electron chi connectivity index (χ2n) is 7.30. The van der Waals surface area contributed by atoms with Crippen LogP contribution in [0.4, 0.5) is 24.7 Å². The van der Waals surface area contributed by atoms with E-state index in [4.69, 9.17) is 0 Å². The number of nitrogens with zero attached hydrogens (tertiary/aromatic N) is 8. The third kappa shape index (κ3) is 3.37. The summed E-state index contributed by atoms with van der Waals surface area (Å²) in [5, 5.41) is 8.60. The molecular weight excluding hydrogens is 405 g/mol. The van der Waals surface area contributed by atoms with Gasteiger partial charge in [0, 0.05) is 31.6 Å². The van der Waals surface area contributed by atoms with Crippen LogP contribution >= 0.6 is 11.3 Å². The summed E-state index contributed by atoms with van der Waals surface area (Å²) in [7, 11) is 0. The molecule has 0 radical (unpaired) electrons. The Balaban J connectivity index is 1.25. The van der Waals surface area contributed by atoms with E-state index in [0.717, 1.165) is 43.4 Å². The van der Waals surface area contributed by atoms with Crippen LogP contribution in [0.25, 0.3) is 10.7 Å². The molecule has 2 aliphatic rings. The number of hydrogen-bond donors (Lipinski definition) is 0. The quantitative estimate of drug-likeness (QED) is 0.639. The molecule has 0 bridgehead atoms. The Hall–Kier alpha value is -2.89. The summed E-state index contributed by atoms with van der Waals surface area (Å²) in [6.07, 6.45) is 2.36. The highest BCUT2D eigenvalue weighted by molar-refractivity contribution is 7.12. The zero-order chi connectivity index (χ0) is 20.1. The highest BCUT2D eigenvalue weighted by Crippen LogP contribution is 2.42. The van der Waals surface area contributed by atoms with E-state index in [1.165, 1.54) is 23.7 Å². The van der Waals surface area contributed by atoms with Crippen LogP contribution in [0, 0.1) is 5.41 Å². The Bertz CT molecular complexity index is 1000. The van der Waals surface area contributed by atoms with Gasteiger partial charge in [0.1, 0.15) is 17.0 Å². The van der Waals surface area contributed by atoms with Gasteiger partial charge in [-0.3, -0.25) is 4.98 Å². The number of hydrogen-bond acceptors (Lipinski definition) is 9. The highest BCUT2D eigenvalue weighted by atomic mass is 32.1. The molecule has 2 saturated heterocycles. The van der Waals surface area contributed by atoms with E-state index in [0.29, 0.717) is 11.4 Å². The third-order valence-corrected chi connectivity index (χ3v) is 5.99. The summed E-state index contributed by atoms with van der Waals surface area (Å²) in [5.41, 5.74) is 3.05. The van der Waals surface area contributed by atoms with Gasteiger partial charge in [0.15, 0.2) is 5.01 Å². The molecule has 0 aromatic carbocycles. The van der Waals surface area contributed by atoms with Crippen LogP contribution in [-0.4, -0.2) is 56.3 Å². The van der Waals surface area contributed by atoms with Gasteiger partial charge in [-0.25, -0.2) is 15.0 Å². The van der Waals surface area contributed by atoms with E-state index >= 15 is 0 Å². The van der Waals surface area contributed by atoms with Gasteiger partial charge < -0.3 is 9.80 Å². The molecule has 5 heterocycles. The van der Waals surface area contributed by atoms with Gasteiger partial charge in [-0.05, 0) is 6.42 Å². The molecule has 8 nitrogen and oxygen atoms in total. The summed E-state index contributed by atoms with van der Waals surface area (Å²) in [4.78, 5) is 20.0. The Morgan fingerprint density at radius 1 is 1.00 bits per heavy atom. The van der Waals surface area contributed by atoms with E-state index in [9.17, 15) is 13.2 Å². The van der Waals surface area contributed by atoms with Crippen LogP contribution in [0.1, 0.15) is 12.2 Å². The molecule has 0 unspecified atom stereocenters. The van der Waals surface area contributed by atoms with E-state index < -0.39 is 12.0 Å². The molecule has 5 rings (SSSR count). The maximum absolute atomic E-state index is 12.6. The average molecular weight is 420 g/mol. The summed E-state index contributed by atoms with van der Waals surface area (Å²) in [6.45, 7) is 3.17. The topological polar surface area (TPSA) is 83.8 Å². The van der Waals surface area contributed by atoms with Gasteiger partial charge in [0.2, 0.25) is 5.82 Å². The van der Waals surface area contributed by atoms with Crippen molar-refractivity contribution in [3.63, 3.8) is 0 Å². The molecule has 0 amide bonds. The first-order valence-corrected chi connectivity index (χ1v) is 9.78. The van der Waals surface area contributed by atoms with Crippen LogP contribution in [0.3, 0.4) is 0 Å². The monoisotopic (exact) mass is 420 g/mol. The Kier molecular flexibility index (Phi) is 4.12. The summed E-state index contributed by atoms with van der Waals surface area (Å²) in [6, 6.07) is 0. The Morgan fingerprint density at radius 3 is 2.45 bits per heavy atom. The van der Waals surface area contributed by atoms with E-state index in [-0.39, 0.29) is 5.41 Å². The molecule has 29 heavy (non-hydrogen) atoms. The molecule has 1 spiro atoms. The van der Waals surface area contributed by atoms with Crippen LogP contribution in [0.15, 0.2) is 30.3 Å². The molecule has 0 atom stereocenters. The van der Waals surface area contributed by atoms with Crippen LogP contribution < -0.4 is 9.80 Å². The lowest BCUT2D eigenvalue weighted by molar-refractivity contribution is -0.145. The standard InChI is InChI=1S/C17H15F3N8S/c18-17(19,20)15-22-3-11(4-23-15)28-8-16(9-28)1-2-27(7-16)13-6-21-5-12(25-13)14-26-24-10-29-14/h3-6,10H,1-2,7-9H2. The van der Waals surface area contributed by atoms with Gasteiger partial charge in [-0.1, -0.05) is 11.3 Å². The van der Waals surface area contributed by atoms with Crippen molar-refractivity contribution in [2.45, 2.75) is 12.6 Å². The maximum atomic E-state index is 12.6. The number of rotatable bonds is 3. The fourth-order valence-electron chi connectivity index (χ4n) is 3.86. The molecule has 150 valence electrons. The predicted octanol–water partition coefficient (Wildman–Crippen LogP) is 2.52. The van der Waals surface area contributed by atoms with Crippen LogP contribution in [0.5, 0.6) is 0 Å². The van der Waals surface area contributed by atoms with Crippen molar-refractivity contribution >= 4 is 22.8 Å². The molecule has 3 aromatic rings. The Morgan fingerprint density at radius 2 is 1.76 bits per heavy atom. The first-order chi connectivity index (χ1) is 13.9. The second-order valence-corrected chi connectivity index (χ2v) is 8.13. The van der Waals surface area contributed by atoms with Crippen molar-refractivity contribution in [3.8, 4) is 10.7 Å². The fourth-order valence-corrected chi connectivity index (χ4v) is 4.37. The molecule has 0 aliphatic carbocycles. The maximum Gasteiger partial charge on any atom is 0.451 e. The SMILES string of the molecule is FC(F)(F)c1ncc(N2CC3(CCN(c4cncc(-c5nncs5)n4)C3)C2)cn1. The van der Waals surface area contributed by atoms with Crippen molar-refractivity contribution in [1.29, 1.82) is 0 Å². The minimum absolute atomic E-state index is 0.0864. The average Bonchev–Trinajstić information content (AvgIpc) is 3.37. The summed E-state index contributed by atoms with van der Waals surface area (Å²) >= 11 is 1.41. The summed E-state index contributed by atoms with van der Waals surface area (Å²) < 4.78 is 37.9. The third-order valence-electron chi connectivity index (χ3n) is 5.27. The molecule has 12 heteroatoms. The van der Waals surface area contributed by atoms with E-state index in [1.54, 1.807) is 17.9 Å². The second kappa shape index (κ2) is 6.58. The molecular formula is C17H15F3N8S. The van der Waals surface area contributed by atoms with Gasteiger partial charge in [0.25, 0.3) is 0 Å². The first kappa shape index (κ1) is 18.2. The van der Waals surface area contributed by atoms with Crippen molar-refractivity contribution in [2.24, 2.45) is 5.41 Å². The lowest BCUT2D eigenvalue weighted by Gasteiger charge is -2.49. The van der Waals surface area contributed by atoms with Crippen LogP contribution in [-0.2, 0) is 6.18 Å². The largest absolute Gasteiger partial charge is 0.451 e. The molecule has 0 saturated carbocycles. The molecule has 2 aliphatic heterocycles. The number of aromatic nitrogens is 6. The number of anilines is 2. The highest BCUT2D eigenvalue weighted by Gasteiger charge is 2.48. The normalized spacial score (nSPS) is 18.3. The zero-order valence-electron chi connectivity index (χ0n) is 15.0. The van der Waals surface area contributed by atoms with Crippen molar-refractivity contribution in [2.75, 3.05) is 36.0 Å². The molecule has 0 N–H and O–H groups in total. The molecule has 2 fully saturated rings. The van der Waals surface area contributed by atoms with Crippen molar-refractivity contribution in [1.82, 2.24) is 30.1 Å².